The molecule has 0 aromatic rings. The summed E-state index contributed by atoms with van der Waals surface area (Å²) in [5.74, 6) is 0. The predicted octanol–water partition coefficient (Wildman–Crippen LogP) is 1.86. The molecule has 0 aromatic carbocycles. The van der Waals surface area contributed by atoms with E-state index in [9.17, 15) is 0 Å². The summed E-state index contributed by atoms with van der Waals surface area (Å²) in [6.07, 6.45) is 5.40. The Morgan fingerprint density at radius 1 is 1.31 bits per heavy atom. The van der Waals surface area contributed by atoms with Gasteiger partial charge in [-0.3, -0.25) is 4.90 Å². The van der Waals surface area contributed by atoms with E-state index in [4.69, 9.17) is 0 Å². The topological polar surface area (TPSA) is 15.3 Å². The smallest absolute Gasteiger partial charge is 0.0110 e. The van der Waals surface area contributed by atoms with Crippen LogP contribution in [0.1, 0.15) is 39.5 Å². The van der Waals surface area contributed by atoms with Crippen LogP contribution in [-0.4, -0.2) is 37.1 Å². The Bertz CT molecular complexity index is 117. The fraction of sp³-hybridized carbons (Fsp3) is 1.00. The van der Waals surface area contributed by atoms with Crippen LogP contribution in [0, 0.1) is 0 Å². The zero-order valence-corrected chi connectivity index (χ0v) is 9.18. The summed E-state index contributed by atoms with van der Waals surface area (Å²) in [7, 11) is 0. The normalized spacial score (nSPS) is 22.6. The number of hydrogen-bond donors (Lipinski definition) is 1. The highest BCUT2D eigenvalue weighted by Gasteiger charge is 2.14. The summed E-state index contributed by atoms with van der Waals surface area (Å²) < 4.78 is 0. The molecule has 1 unspecified atom stereocenters. The van der Waals surface area contributed by atoms with Crippen molar-refractivity contribution in [3.05, 3.63) is 0 Å². The van der Waals surface area contributed by atoms with Gasteiger partial charge in [0.1, 0.15) is 0 Å². The molecule has 1 aliphatic rings. The molecule has 1 heterocycles. The lowest BCUT2D eigenvalue weighted by Crippen LogP contribution is -2.35. The number of nitrogens with zero attached hydrogens (tertiary/aromatic N) is 1. The molecule has 2 heteroatoms. The Morgan fingerprint density at radius 3 is 2.92 bits per heavy atom. The number of unbranched alkanes of at least 4 members (excludes halogenated alkanes) is 1. The van der Waals surface area contributed by atoms with Crippen LogP contribution in [-0.2, 0) is 0 Å². The quantitative estimate of drug-likeness (QED) is 0.717. The zero-order chi connectivity index (χ0) is 9.52. The van der Waals surface area contributed by atoms with Crippen LogP contribution in [0.2, 0.25) is 0 Å². The van der Waals surface area contributed by atoms with Crippen molar-refractivity contribution in [2.75, 3.05) is 26.2 Å². The van der Waals surface area contributed by atoms with E-state index in [-0.39, 0.29) is 0 Å². The van der Waals surface area contributed by atoms with Crippen LogP contribution < -0.4 is 5.32 Å². The van der Waals surface area contributed by atoms with E-state index >= 15 is 0 Å². The zero-order valence-electron chi connectivity index (χ0n) is 9.18. The Morgan fingerprint density at radius 2 is 2.15 bits per heavy atom. The van der Waals surface area contributed by atoms with Crippen LogP contribution in [0.5, 0.6) is 0 Å². The molecule has 0 amide bonds. The highest BCUT2D eigenvalue weighted by atomic mass is 15.2. The van der Waals surface area contributed by atoms with Crippen molar-refractivity contribution >= 4 is 0 Å². The van der Waals surface area contributed by atoms with Crippen LogP contribution in [0.3, 0.4) is 0 Å². The molecule has 0 bridgehead atoms. The first-order chi connectivity index (χ1) is 6.34. The van der Waals surface area contributed by atoms with E-state index in [0.29, 0.717) is 0 Å². The number of hydrogen-bond acceptors (Lipinski definition) is 2. The molecule has 1 rings (SSSR count). The minimum Gasteiger partial charge on any atom is -0.315 e. The van der Waals surface area contributed by atoms with Crippen molar-refractivity contribution in [1.29, 1.82) is 0 Å². The van der Waals surface area contributed by atoms with E-state index in [1.54, 1.807) is 0 Å². The van der Waals surface area contributed by atoms with Crippen molar-refractivity contribution in [1.82, 2.24) is 10.2 Å². The monoisotopic (exact) mass is 184 g/mol. The molecule has 0 spiro atoms. The van der Waals surface area contributed by atoms with Gasteiger partial charge in [0.15, 0.2) is 0 Å². The fourth-order valence-electron chi connectivity index (χ4n) is 1.99. The molecule has 1 aliphatic heterocycles. The van der Waals surface area contributed by atoms with Crippen LogP contribution in [0.25, 0.3) is 0 Å². The van der Waals surface area contributed by atoms with Gasteiger partial charge in [-0.05, 0) is 32.9 Å². The maximum Gasteiger partial charge on any atom is 0.0110 e. The lowest BCUT2D eigenvalue weighted by atomic mass is 10.1. The van der Waals surface area contributed by atoms with Crippen molar-refractivity contribution < 1.29 is 0 Å². The molecule has 0 saturated carbocycles. The second-order valence-corrected chi connectivity index (χ2v) is 4.13. The molecule has 0 aliphatic carbocycles. The van der Waals surface area contributed by atoms with Gasteiger partial charge in [0.05, 0.1) is 0 Å². The van der Waals surface area contributed by atoms with Gasteiger partial charge in [-0.2, -0.15) is 0 Å². The van der Waals surface area contributed by atoms with Crippen LogP contribution in [0.4, 0.5) is 0 Å². The first-order valence-electron chi connectivity index (χ1n) is 5.79. The molecule has 1 N–H and O–H groups in total. The highest BCUT2D eigenvalue weighted by Crippen LogP contribution is 2.09. The second kappa shape index (κ2) is 6.39. The Labute approximate surface area is 82.7 Å². The first-order valence-corrected chi connectivity index (χ1v) is 5.79. The third-order valence-electron chi connectivity index (χ3n) is 2.97. The largest absolute Gasteiger partial charge is 0.315 e. The number of nitrogens with one attached hydrogen (secondary N) is 1. The SMILES string of the molecule is CCCCC(C)N1CCCNCC1. The van der Waals surface area contributed by atoms with Gasteiger partial charge in [-0.1, -0.05) is 19.8 Å². The summed E-state index contributed by atoms with van der Waals surface area (Å²) in [5, 5.41) is 3.45. The second-order valence-electron chi connectivity index (χ2n) is 4.13. The maximum atomic E-state index is 3.45. The summed E-state index contributed by atoms with van der Waals surface area (Å²) in [4.78, 5) is 2.63. The fourth-order valence-corrected chi connectivity index (χ4v) is 1.99. The van der Waals surface area contributed by atoms with Crippen molar-refractivity contribution in [2.45, 2.75) is 45.6 Å². The molecule has 1 saturated heterocycles. The lowest BCUT2D eigenvalue weighted by molar-refractivity contribution is 0.210. The summed E-state index contributed by atoms with van der Waals surface area (Å²) >= 11 is 0. The summed E-state index contributed by atoms with van der Waals surface area (Å²) in [6.45, 7) is 9.56. The summed E-state index contributed by atoms with van der Waals surface area (Å²) in [5.41, 5.74) is 0. The third-order valence-corrected chi connectivity index (χ3v) is 2.97. The van der Waals surface area contributed by atoms with Crippen molar-refractivity contribution in [3.63, 3.8) is 0 Å². The lowest BCUT2D eigenvalue weighted by Gasteiger charge is -2.27. The Kier molecular flexibility index (Phi) is 5.40. The molecular weight excluding hydrogens is 160 g/mol. The molecular formula is C11H24N2. The van der Waals surface area contributed by atoms with Gasteiger partial charge in [-0.25, -0.2) is 0 Å². The van der Waals surface area contributed by atoms with Gasteiger partial charge in [-0.15, -0.1) is 0 Å². The van der Waals surface area contributed by atoms with E-state index in [1.807, 2.05) is 0 Å². The maximum absolute atomic E-state index is 3.45. The van der Waals surface area contributed by atoms with E-state index < -0.39 is 0 Å². The van der Waals surface area contributed by atoms with E-state index in [1.165, 1.54) is 51.9 Å². The van der Waals surface area contributed by atoms with Crippen LogP contribution >= 0.6 is 0 Å². The Hall–Kier alpha value is -0.0800. The van der Waals surface area contributed by atoms with Gasteiger partial charge in [0.25, 0.3) is 0 Å². The average molecular weight is 184 g/mol. The average Bonchev–Trinajstić information content (AvgIpc) is 2.42. The molecule has 0 radical (unpaired) electrons. The minimum absolute atomic E-state index is 0.792. The van der Waals surface area contributed by atoms with Gasteiger partial charge in [0.2, 0.25) is 0 Å². The van der Waals surface area contributed by atoms with Gasteiger partial charge < -0.3 is 5.32 Å². The van der Waals surface area contributed by atoms with Crippen LogP contribution in [0.15, 0.2) is 0 Å². The van der Waals surface area contributed by atoms with Gasteiger partial charge >= 0.3 is 0 Å². The highest BCUT2D eigenvalue weighted by molar-refractivity contribution is 4.71. The molecule has 2 nitrogen and oxygen atoms in total. The molecule has 78 valence electrons. The van der Waals surface area contributed by atoms with Crippen molar-refractivity contribution in [3.8, 4) is 0 Å². The number of rotatable bonds is 4. The predicted molar refractivity (Wildman–Crippen MR) is 58.0 cm³/mol. The van der Waals surface area contributed by atoms with Gasteiger partial charge in [0, 0.05) is 19.1 Å². The standard InChI is InChI=1S/C11H24N2/c1-3-4-6-11(2)13-9-5-7-12-8-10-13/h11-12H,3-10H2,1-2H3. The first kappa shape index (κ1) is 11.0. The molecule has 13 heavy (non-hydrogen) atoms. The molecule has 1 atom stereocenters. The molecule has 0 aromatic heterocycles. The molecule has 1 fully saturated rings. The third kappa shape index (κ3) is 4.10. The van der Waals surface area contributed by atoms with E-state index in [2.05, 4.69) is 24.1 Å². The Balaban J connectivity index is 2.22. The van der Waals surface area contributed by atoms with E-state index in [0.717, 1.165) is 6.04 Å². The van der Waals surface area contributed by atoms with Crippen molar-refractivity contribution in [2.24, 2.45) is 0 Å². The minimum atomic E-state index is 0.792. The summed E-state index contributed by atoms with van der Waals surface area (Å²) in [6, 6.07) is 0.792.